The number of nitrogens with two attached hydrogens (primary N) is 1. The van der Waals surface area contributed by atoms with E-state index in [-0.39, 0.29) is 11.2 Å². The third-order valence-electron chi connectivity index (χ3n) is 4.74. The van der Waals surface area contributed by atoms with Crippen LogP contribution in [0, 0.1) is 25.2 Å². The predicted octanol–water partition coefficient (Wildman–Crippen LogP) is 3.64. The highest BCUT2D eigenvalue weighted by Crippen LogP contribution is 2.41. The molecular weight excluding hydrogens is 234 g/mol. The minimum atomic E-state index is -0.314. The lowest BCUT2D eigenvalue weighted by Gasteiger charge is -2.37. The molecular formula is C17H25NO. The molecule has 2 heteroatoms. The van der Waals surface area contributed by atoms with Crippen LogP contribution in [0.5, 0.6) is 0 Å². The van der Waals surface area contributed by atoms with Gasteiger partial charge < -0.3 is 5.73 Å². The topological polar surface area (TPSA) is 43.1 Å². The van der Waals surface area contributed by atoms with Gasteiger partial charge in [-0.05, 0) is 57.1 Å². The molecule has 0 spiro atoms. The summed E-state index contributed by atoms with van der Waals surface area (Å²) >= 11 is 0. The van der Waals surface area contributed by atoms with Crippen molar-refractivity contribution in [3.8, 4) is 0 Å². The monoisotopic (exact) mass is 259 g/mol. The third kappa shape index (κ3) is 2.74. The molecule has 19 heavy (non-hydrogen) atoms. The number of carbonyl (C=O) groups is 1. The average molecular weight is 259 g/mol. The lowest BCUT2D eigenvalue weighted by atomic mass is 9.66. The number of ketones is 1. The van der Waals surface area contributed by atoms with Crippen LogP contribution < -0.4 is 5.73 Å². The maximum absolute atomic E-state index is 13.0. The van der Waals surface area contributed by atoms with E-state index in [0.717, 1.165) is 48.3 Å². The molecule has 0 saturated heterocycles. The Balaban J connectivity index is 2.33. The Morgan fingerprint density at radius 3 is 2.53 bits per heavy atom. The zero-order valence-corrected chi connectivity index (χ0v) is 12.3. The van der Waals surface area contributed by atoms with E-state index in [1.54, 1.807) is 0 Å². The van der Waals surface area contributed by atoms with Crippen LogP contribution in [0.25, 0.3) is 0 Å². The van der Waals surface area contributed by atoms with Crippen LogP contribution in [-0.2, 0) is 0 Å². The van der Waals surface area contributed by atoms with Crippen molar-refractivity contribution < 1.29 is 4.79 Å². The van der Waals surface area contributed by atoms with Gasteiger partial charge in [0.2, 0.25) is 0 Å². The lowest BCUT2D eigenvalue weighted by molar-refractivity contribution is 0.0694. The van der Waals surface area contributed by atoms with Crippen LogP contribution in [-0.4, -0.2) is 12.3 Å². The van der Waals surface area contributed by atoms with Crippen molar-refractivity contribution in [2.75, 3.05) is 6.54 Å². The molecule has 0 aliphatic heterocycles. The first-order chi connectivity index (χ1) is 8.98. The molecule has 104 valence electrons. The van der Waals surface area contributed by atoms with Gasteiger partial charge in [-0.3, -0.25) is 4.79 Å². The van der Waals surface area contributed by atoms with Gasteiger partial charge in [-0.15, -0.1) is 0 Å². The van der Waals surface area contributed by atoms with Crippen LogP contribution in [0.4, 0.5) is 0 Å². The van der Waals surface area contributed by atoms with Crippen LogP contribution in [0.2, 0.25) is 0 Å². The molecule has 1 aromatic carbocycles. The van der Waals surface area contributed by atoms with Crippen molar-refractivity contribution in [2.24, 2.45) is 17.1 Å². The highest BCUT2D eigenvalue weighted by Gasteiger charge is 2.40. The number of aryl methyl sites for hydroxylation is 2. The summed E-state index contributed by atoms with van der Waals surface area (Å²) in [6.07, 6.45) is 4.12. The fraction of sp³-hybridized carbons (Fsp3) is 0.588. The molecule has 0 heterocycles. The summed E-state index contributed by atoms with van der Waals surface area (Å²) in [5.74, 6) is 0.995. The number of rotatable bonds is 3. The number of benzene rings is 1. The van der Waals surface area contributed by atoms with Crippen molar-refractivity contribution in [2.45, 2.75) is 46.5 Å². The number of hydrogen-bond donors (Lipinski definition) is 1. The van der Waals surface area contributed by atoms with Gasteiger partial charge in [0.25, 0.3) is 0 Å². The first-order valence-electron chi connectivity index (χ1n) is 7.30. The summed E-state index contributed by atoms with van der Waals surface area (Å²) in [7, 11) is 0. The summed E-state index contributed by atoms with van der Waals surface area (Å²) in [4.78, 5) is 13.0. The Morgan fingerprint density at radius 2 is 1.95 bits per heavy atom. The van der Waals surface area contributed by atoms with Gasteiger partial charge in [0, 0.05) is 17.5 Å². The molecule has 0 aromatic heterocycles. The van der Waals surface area contributed by atoms with Crippen molar-refractivity contribution in [1.82, 2.24) is 0 Å². The number of hydrogen-bond acceptors (Lipinski definition) is 2. The molecule has 0 atom stereocenters. The van der Waals surface area contributed by atoms with Crippen molar-refractivity contribution in [1.29, 1.82) is 0 Å². The van der Waals surface area contributed by atoms with Gasteiger partial charge in [0.1, 0.15) is 0 Å². The molecule has 2 nitrogen and oxygen atoms in total. The normalized spacial score (nSPS) is 27.3. The molecule has 1 aliphatic carbocycles. The van der Waals surface area contributed by atoms with E-state index >= 15 is 0 Å². The molecule has 0 amide bonds. The van der Waals surface area contributed by atoms with E-state index in [2.05, 4.69) is 13.0 Å². The van der Waals surface area contributed by atoms with Crippen LogP contribution in [0.15, 0.2) is 18.2 Å². The fourth-order valence-corrected chi connectivity index (χ4v) is 3.10. The standard InChI is InChI=1S/C17H25NO/c1-12-6-8-17(11-18,9-7-12)16(19)15-10-13(2)4-5-14(15)3/h4-5,10,12H,6-9,11,18H2,1-3H3. The highest BCUT2D eigenvalue weighted by molar-refractivity contribution is 6.02. The second kappa shape index (κ2) is 5.46. The molecule has 1 aliphatic rings. The summed E-state index contributed by atoms with van der Waals surface area (Å²) in [6.45, 7) is 6.80. The summed E-state index contributed by atoms with van der Waals surface area (Å²) < 4.78 is 0. The largest absolute Gasteiger partial charge is 0.329 e. The number of Topliss-reactive ketones (excluding diaryl/α,β-unsaturated/α-hetero) is 1. The van der Waals surface area contributed by atoms with Crippen LogP contribution >= 0.6 is 0 Å². The Hall–Kier alpha value is -1.15. The third-order valence-corrected chi connectivity index (χ3v) is 4.74. The summed E-state index contributed by atoms with van der Waals surface area (Å²) in [6, 6.07) is 6.12. The zero-order chi connectivity index (χ0) is 14.0. The van der Waals surface area contributed by atoms with E-state index in [1.165, 1.54) is 0 Å². The molecule has 1 fully saturated rings. The first kappa shape index (κ1) is 14.3. The summed E-state index contributed by atoms with van der Waals surface area (Å²) in [5, 5.41) is 0. The molecule has 0 radical (unpaired) electrons. The van der Waals surface area contributed by atoms with E-state index < -0.39 is 0 Å². The average Bonchev–Trinajstić information content (AvgIpc) is 2.42. The maximum Gasteiger partial charge on any atom is 0.170 e. The molecule has 1 saturated carbocycles. The lowest BCUT2D eigenvalue weighted by Crippen LogP contribution is -2.42. The van der Waals surface area contributed by atoms with Crippen LogP contribution in [0.3, 0.4) is 0 Å². The van der Waals surface area contributed by atoms with Crippen molar-refractivity contribution in [3.63, 3.8) is 0 Å². The van der Waals surface area contributed by atoms with E-state index in [9.17, 15) is 4.79 Å². The van der Waals surface area contributed by atoms with Gasteiger partial charge in [-0.25, -0.2) is 0 Å². The Kier molecular flexibility index (Phi) is 4.10. The first-order valence-corrected chi connectivity index (χ1v) is 7.30. The van der Waals surface area contributed by atoms with Crippen molar-refractivity contribution >= 4 is 5.78 Å². The molecule has 1 aromatic rings. The van der Waals surface area contributed by atoms with Crippen molar-refractivity contribution in [3.05, 3.63) is 34.9 Å². The Morgan fingerprint density at radius 1 is 1.32 bits per heavy atom. The van der Waals surface area contributed by atoms with Crippen LogP contribution in [0.1, 0.15) is 54.1 Å². The molecule has 2 N–H and O–H groups in total. The minimum absolute atomic E-state index is 0.267. The second-order valence-electron chi connectivity index (χ2n) is 6.31. The van der Waals surface area contributed by atoms with Gasteiger partial charge in [-0.2, -0.15) is 0 Å². The molecule has 2 rings (SSSR count). The minimum Gasteiger partial charge on any atom is -0.329 e. The zero-order valence-electron chi connectivity index (χ0n) is 12.3. The van der Waals surface area contributed by atoms with E-state index in [4.69, 9.17) is 5.73 Å². The predicted molar refractivity (Wildman–Crippen MR) is 79.4 cm³/mol. The smallest absolute Gasteiger partial charge is 0.170 e. The number of carbonyl (C=O) groups excluding carboxylic acids is 1. The van der Waals surface area contributed by atoms with E-state index in [0.29, 0.717) is 6.54 Å². The Labute approximate surface area is 116 Å². The second-order valence-corrected chi connectivity index (χ2v) is 6.31. The maximum atomic E-state index is 13.0. The quantitative estimate of drug-likeness (QED) is 0.842. The van der Waals surface area contributed by atoms with Gasteiger partial charge >= 0.3 is 0 Å². The van der Waals surface area contributed by atoms with Gasteiger partial charge in [0.15, 0.2) is 5.78 Å². The fourth-order valence-electron chi connectivity index (χ4n) is 3.10. The molecule has 0 bridgehead atoms. The highest BCUT2D eigenvalue weighted by atomic mass is 16.1. The molecule has 0 unspecified atom stereocenters. The Bertz CT molecular complexity index is 470. The van der Waals surface area contributed by atoms with E-state index in [1.807, 2.05) is 26.0 Å². The van der Waals surface area contributed by atoms with Gasteiger partial charge in [0.05, 0.1) is 0 Å². The van der Waals surface area contributed by atoms with Gasteiger partial charge in [-0.1, -0.05) is 24.6 Å². The SMILES string of the molecule is Cc1ccc(C)c(C(=O)C2(CN)CCC(C)CC2)c1. The summed E-state index contributed by atoms with van der Waals surface area (Å²) in [5.41, 5.74) is 8.76.